The fourth-order valence-corrected chi connectivity index (χ4v) is 2.88. The normalized spacial score (nSPS) is 15.0. The monoisotopic (exact) mass is 347 g/mol. The van der Waals surface area contributed by atoms with Crippen molar-refractivity contribution in [2.24, 2.45) is 5.10 Å². The van der Waals surface area contributed by atoms with E-state index < -0.39 is 0 Å². The molecular formula is C18H25N3O2S. The number of hydrazone groups is 1. The third-order valence-corrected chi connectivity index (χ3v) is 4.07. The van der Waals surface area contributed by atoms with Gasteiger partial charge in [-0.2, -0.15) is 5.10 Å². The number of hydrogen-bond donors (Lipinski definition) is 2. The minimum absolute atomic E-state index is 0.437. The highest BCUT2D eigenvalue weighted by Gasteiger charge is 2.13. The molecule has 0 heterocycles. The second kappa shape index (κ2) is 9.93. The Labute approximate surface area is 149 Å². The fraction of sp³-hybridized carbons (Fsp3) is 0.444. The summed E-state index contributed by atoms with van der Waals surface area (Å²) in [6.07, 6.45) is 9.61. The van der Waals surface area contributed by atoms with Crippen molar-refractivity contribution in [3.63, 3.8) is 0 Å². The molecule has 0 saturated heterocycles. The molecule has 5 nitrogen and oxygen atoms in total. The van der Waals surface area contributed by atoms with E-state index in [9.17, 15) is 0 Å². The fourth-order valence-electron chi connectivity index (χ4n) is 2.66. The number of rotatable bonds is 7. The first-order valence-electron chi connectivity index (χ1n) is 8.24. The molecule has 0 spiro atoms. The van der Waals surface area contributed by atoms with Gasteiger partial charge < -0.3 is 14.8 Å². The number of ether oxygens (including phenoxy) is 2. The van der Waals surface area contributed by atoms with Crippen LogP contribution in [0.15, 0.2) is 36.0 Å². The Morgan fingerprint density at radius 2 is 2.12 bits per heavy atom. The van der Waals surface area contributed by atoms with Crippen LogP contribution in [-0.4, -0.2) is 31.1 Å². The molecule has 0 aliphatic heterocycles. The van der Waals surface area contributed by atoms with Crippen LogP contribution in [0.3, 0.4) is 0 Å². The maximum absolute atomic E-state index is 5.53. The first-order chi connectivity index (χ1) is 11.7. The molecule has 2 rings (SSSR count). The number of nitrogens with zero attached hydrogens (tertiary/aromatic N) is 1. The van der Waals surface area contributed by atoms with E-state index in [2.05, 4.69) is 22.4 Å². The van der Waals surface area contributed by atoms with Crippen LogP contribution in [0.4, 0.5) is 0 Å². The van der Waals surface area contributed by atoms with Crippen molar-refractivity contribution in [3.8, 4) is 11.5 Å². The first-order valence-corrected chi connectivity index (χ1v) is 8.65. The molecule has 0 bridgehead atoms. The molecule has 1 fully saturated rings. The van der Waals surface area contributed by atoms with Crippen molar-refractivity contribution < 1.29 is 9.47 Å². The first kappa shape index (κ1) is 18.3. The van der Waals surface area contributed by atoms with Gasteiger partial charge in [-0.25, -0.2) is 0 Å². The number of nitrogens with one attached hydrogen (secondary N) is 2. The average molecular weight is 347 g/mol. The van der Waals surface area contributed by atoms with E-state index >= 15 is 0 Å². The van der Waals surface area contributed by atoms with Crippen LogP contribution in [0.5, 0.6) is 11.5 Å². The van der Waals surface area contributed by atoms with Crippen LogP contribution in [0.1, 0.15) is 37.7 Å². The smallest absolute Gasteiger partial charge is 0.187 e. The summed E-state index contributed by atoms with van der Waals surface area (Å²) < 4.78 is 10.9. The molecule has 1 aromatic carbocycles. The van der Waals surface area contributed by atoms with E-state index in [1.54, 1.807) is 19.4 Å². The third-order valence-electron chi connectivity index (χ3n) is 3.86. The molecule has 1 aliphatic rings. The molecule has 0 aromatic heterocycles. The lowest BCUT2D eigenvalue weighted by molar-refractivity contribution is 0.326. The molecule has 6 heteroatoms. The molecule has 0 unspecified atom stereocenters. The lowest BCUT2D eigenvalue weighted by atomic mass is 9.96. The van der Waals surface area contributed by atoms with Gasteiger partial charge in [-0.1, -0.05) is 31.9 Å². The summed E-state index contributed by atoms with van der Waals surface area (Å²) in [5.74, 6) is 1.33. The highest BCUT2D eigenvalue weighted by Crippen LogP contribution is 2.27. The van der Waals surface area contributed by atoms with Crippen molar-refractivity contribution in [1.29, 1.82) is 0 Å². The van der Waals surface area contributed by atoms with E-state index in [0.29, 0.717) is 29.3 Å². The standard InChI is InChI=1S/C18H25N3O2S/c1-3-11-23-16-10-9-14(12-17(16)22-2)13-19-21-18(24)20-15-7-5-4-6-8-15/h3,9-10,12-13,15H,1,4-8,11H2,2H3,(H2,20,21,24)/b19-13+. The molecule has 1 aromatic rings. The summed E-state index contributed by atoms with van der Waals surface area (Å²) in [7, 11) is 1.61. The summed E-state index contributed by atoms with van der Waals surface area (Å²) in [4.78, 5) is 0. The van der Waals surface area contributed by atoms with Gasteiger partial charge in [0.05, 0.1) is 13.3 Å². The zero-order chi connectivity index (χ0) is 17.2. The molecule has 1 saturated carbocycles. The van der Waals surface area contributed by atoms with Gasteiger partial charge in [0.1, 0.15) is 6.61 Å². The van der Waals surface area contributed by atoms with Gasteiger partial charge >= 0.3 is 0 Å². The molecule has 1 aliphatic carbocycles. The maximum Gasteiger partial charge on any atom is 0.187 e. The highest BCUT2D eigenvalue weighted by molar-refractivity contribution is 7.80. The maximum atomic E-state index is 5.53. The summed E-state index contributed by atoms with van der Waals surface area (Å²) in [6.45, 7) is 4.07. The number of hydrogen-bond acceptors (Lipinski definition) is 4. The molecular weight excluding hydrogens is 322 g/mol. The predicted molar refractivity (Wildman–Crippen MR) is 102 cm³/mol. The van der Waals surface area contributed by atoms with Gasteiger partial charge in [-0.3, -0.25) is 5.43 Å². The van der Waals surface area contributed by atoms with Crippen LogP contribution in [0.25, 0.3) is 0 Å². The molecule has 0 amide bonds. The lowest BCUT2D eigenvalue weighted by Crippen LogP contribution is -2.40. The minimum Gasteiger partial charge on any atom is -0.493 e. The van der Waals surface area contributed by atoms with Gasteiger partial charge in [-0.15, -0.1) is 0 Å². The van der Waals surface area contributed by atoms with Crippen molar-refractivity contribution >= 4 is 23.5 Å². The molecule has 24 heavy (non-hydrogen) atoms. The van der Waals surface area contributed by atoms with Crippen molar-refractivity contribution in [2.75, 3.05) is 13.7 Å². The zero-order valence-corrected chi connectivity index (χ0v) is 14.9. The van der Waals surface area contributed by atoms with Crippen LogP contribution < -0.4 is 20.2 Å². The Bertz CT molecular complexity index is 584. The second-order valence-electron chi connectivity index (χ2n) is 5.69. The van der Waals surface area contributed by atoms with Crippen LogP contribution in [-0.2, 0) is 0 Å². The van der Waals surface area contributed by atoms with E-state index in [4.69, 9.17) is 21.7 Å². The molecule has 0 atom stereocenters. The summed E-state index contributed by atoms with van der Waals surface area (Å²) in [5.41, 5.74) is 3.76. The Balaban J connectivity index is 1.86. The van der Waals surface area contributed by atoms with Crippen molar-refractivity contribution in [1.82, 2.24) is 10.7 Å². The number of methoxy groups -OCH3 is 1. The Morgan fingerprint density at radius 1 is 1.33 bits per heavy atom. The Morgan fingerprint density at radius 3 is 2.83 bits per heavy atom. The largest absolute Gasteiger partial charge is 0.493 e. The van der Waals surface area contributed by atoms with E-state index in [1.807, 2.05) is 18.2 Å². The van der Waals surface area contributed by atoms with E-state index in [1.165, 1.54) is 32.1 Å². The summed E-state index contributed by atoms with van der Waals surface area (Å²) >= 11 is 5.28. The predicted octanol–water partition coefficient (Wildman–Crippen LogP) is 3.39. The van der Waals surface area contributed by atoms with Crippen LogP contribution in [0.2, 0.25) is 0 Å². The van der Waals surface area contributed by atoms with Crippen molar-refractivity contribution in [3.05, 3.63) is 36.4 Å². The summed E-state index contributed by atoms with van der Waals surface area (Å²) in [6, 6.07) is 6.09. The van der Waals surface area contributed by atoms with Gasteiger partial charge in [0.25, 0.3) is 0 Å². The van der Waals surface area contributed by atoms with Gasteiger partial charge in [-0.05, 0) is 48.8 Å². The number of benzene rings is 1. The SMILES string of the molecule is C=CCOc1ccc(/C=N/NC(=S)NC2CCCCC2)cc1OC. The van der Waals surface area contributed by atoms with E-state index in [-0.39, 0.29) is 0 Å². The van der Waals surface area contributed by atoms with E-state index in [0.717, 1.165) is 5.56 Å². The third kappa shape index (κ3) is 5.85. The Hall–Kier alpha value is -2.08. The topological polar surface area (TPSA) is 54.9 Å². The van der Waals surface area contributed by atoms with Crippen LogP contribution in [0, 0.1) is 0 Å². The molecule has 130 valence electrons. The van der Waals surface area contributed by atoms with Crippen molar-refractivity contribution in [2.45, 2.75) is 38.1 Å². The Kier molecular flexibility index (Phi) is 7.55. The quantitative estimate of drug-likeness (QED) is 0.343. The minimum atomic E-state index is 0.437. The average Bonchev–Trinajstić information content (AvgIpc) is 2.61. The highest BCUT2D eigenvalue weighted by atomic mass is 32.1. The van der Waals surface area contributed by atoms with Crippen LogP contribution >= 0.6 is 12.2 Å². The zero-order valence-electron chi connectivity index (χ0n) is 14.1. The van der Waals surface area contributed by atoms with Gasteiger partial charge in [0, 0.05) is 6.04 Å². The number of thiocarbonyl (C=S) groups is 1. The second-order valence-corrected chi connectivity index (χ2v) is 6.10. The molecule has 2 N–H and O–H groups in total. The molecule has 0 radical (unpaired) electrons. The van der Waals surface area contributed by atoms with Gasteiger partial charge in [0.2, 0.25) is 0 Å². The summed E-state index contributed by atoms with van der Waals surface area (Å²) in [5, 5.41) is 8.06. The lowest BCUT2D eigenvalue weighted by Gasteiger charge is -2.23. The van der Waals surface area contributed by atoms with Gasteiger partial charge in [0.15, 0.2) is 16.6 Å².